The Morgan fingerprint density at radius 2 is 2.15 bits per heavy atom. The summed E-state index contributed by atoms with van der Waals surface area (Å²) in [6.45, 7) is 1.96. The van der Waals surface area contributed by atoms with Crippen LogP contribution >= 0.6 is 0 Å². The van der Waals surface area contributed by atoms with Crippen LogP contribution in [0, 0.1) is 18.3 Å². The standard InChI is InChI=1S/C15H13N5/c1-10-18-14-8-11(5-6-15(14)20(10)2)12(9-16)13-4-3-7-17-19-13/h3-8,12H,1-2H3. The molecule has 3 aromatic rings. The van der Waals surface area contributed by atoms with Crippen LogP contribution in [-0.2, 0) is 7.05 Å². The second-order valence-electron chi connectivity index (χ2n) is 4.68. The number of aromatic nitrogens is 4. The van der Waals surface area contributed by atoms with Crippen molar-refractivity contribution in [3.05, 3.63) is 53.6 Å². The minimum Gasteiger partial charge on any atom is -0.331 e. The maximum absolute atomic E-state index is 9.42. The Morgan fingerprint density at radius 1 is 1.30 bits per heavy atom. The Hall–Kier alpha value is -2.74. The molecule has 98 valence electrons. The number of hydrogen-bond acceptors (Lipinski definition) is 4. The fraction of sp³-hybridized carbons (Fsp3) is 0.200. The Morgan fingerprint density at radius 3 is 2.85 bits per heavy atom. The zero-order chi connectivity index (χ0) is 14.1. The molecule has 20 heavy (non-hydrogen) atoms. The number of aryl methyl sites for hydroxylation is 2. The molecule has 1 aromatic carbocycles. The molecular formula is C15H13N5. The fourth-order valence-corrected chi connectivity index (χ4v) is 2.30. The largest absolute Gasteiger partial charge is 0.331 e. The van der Waals surface area contributed by atoms with Crippen molar-refractivity contribution in [1.29, 1.82) is 5.26 Å². The van der Waals surface area contributed by atoms with E-state index in [-0.39, 0.29) is 0 Å². The second kappa shape index (κ2) is 4.74. The van der Waals surface area contributed by atoms with Gasteiger partial charge in [0.1, 0.15) is 11.7 Å². The number of benzene rings is 1. The average molecular weight is 263 g/mol. The monoisotopic (exact) mass is 263 g/mol. The molecule has 0 fully saturated rings. The van der Waals surface area contributed by atoms with Gasteiger partial charge in [0.25, 0.3) is 0 Å². The Labute approximate surface area is 116 Å². The summed E-state index contributed by atoms with van der Waals surface area (Å²) in [5.74, 6) is 0.528. The first kappa shape index (κ1) is 12.3. The van der Waals surface area contributed by atoms with Crippen LogP contribution in [0.4, 0.5) is 0 Å². The van der Waals surface area contributed by atoms with E-state index >= 15 is 0 Å². The predicted molar refractivity (Wildman–Crippen MR) is 74.9 cm³/mol. The van der Waals surface area contributed by atoms with Crippen LogP contribution in [0.2, 0.25) is 0 Å². The van der Waals surface area contributed by atoms with E-state index in [1.165, 1.54) is 0 Å². The maximum atomic E-state index is 9.42. The molecule has 0 aliphatic heterocycles. The normalized spacial score (nSPS) is 12.2. The highest BCUT2D eigenvalue weighted by molar-refractivity contribution is 5.77. The molecule has 2 aromatic heterocycles. The number of imidazole rings is 1. The van der Waals surface area contributed by atoms with E-state index in [1.54, 1.807) is 12.3 Å². The molecule has 0 saturated heterocycles. The molecule has 5 nitrogen and oxygen atoms in total. The SMILES string of the molecule is Cc1nc2cc(C(C#N)c3cccnn3)ccc2n1C. The van der Waals surface area contributed by atoms with Crippen LogP contribution in [0.25, 0.3) is 11.0 Å². The summed E-state index contributed by atoms with van der Waals surface area (Å²) in [4.78, 5) is 4.50. The van der Waals surface area contributed by atoms with Gasteiger partial charge in [0, 0.05) is 13.2 Å². The molecule has 0 saturated carbocycles. The van der Waals surface area contributed by atoms with Crippen LogP contribution in [0.1, 0.15) is 23.0 Å². The highest BCUT2D eigenvalue weighted by atomic mass is 15.1. The lowest BCUT2D eigenvalue weighted by Crippen LogP contribution is -2.02. The maximum Gasteiger partial charge on any atom is 0.115 e. The van der Waals surface area contributed by atoms with Crippen molar-refractivity contribution in [2.45, 2.75) is 12.8 Å². The first-order valence-electron chi connectivity index (χ1n) is 6.31. The number of rotatable bonds is 2. The van der Waals surface area contributed by atoms with E-state index in [2.05, 4.69) is 21.3 Å². The summed E-state index contributed by atoms with van der Waals surface area (Å²) in [6.07, 6.45) is 1.60. The molecule has 0 aliphatic rings. The lowest BCUT2D eigenvalue weighted by Gasteiger charge is -2.08. The number of fused-ring (bicyclic) bond motifs is 1. The highest BCUT2D eigenvalue weighted by Crippen LogP contribution is 2.25. The average Bonchev–Trinajstić information content (AvgIpc) is 2.76. The van der Waals surface area contributed by atoms with Crippen LogP contribution in [0.5, 0.6) is 0 Å². The van der Waals surface area contributed by atoms with Gasteiger partial charge in [-0.05, 0) is 36.8 Å². The number of hydrogen-bond donors (Lipinski definition) is 0. The van der Waals surface area contributed by atoms with Gasteiger partial charge in [0.15, 0.2) is 0 Å². The van der Waals surface area contributed by atoms with Crippen molar-refractivity contribution in [1.82, 2.24) is 19.7 Å². The minimum absolute atomic E-state index is 0.421. The molecule has 1 atom stereocenters. The van der Waals surface area contributed by atoms with Crippen molar-refractivity contribution >= 4 is 11.0 Å². The van der Waals surface area contributed by atoms with Gasteiger partial charge in [0.2, 0.25) is 0 Å². The van der Waals surface area contributed by atoms with Gasteiger partial charge >= 0.3 is 0 Å². The lowest BCUT2D eigenvalue weighted by atomic mass is 9.96. The zero-order valence-electron chi connectivity index (χ0n) is 11.3. The summed E-state index contributed by atoms with van der Waals surface area (Å²) in [7, 11) is 1.98. The summed E-state index contributed by atoms with van der Waals surface area (Å²) >= 11 is 0. The second-order valence-corrected chi connectivity index (χ2v) is 4.68. The van der Waals surface area contributed by atoms with E-state index in [0.29, 0.717) is 5.69 Å². The van der Waals surface area contributed by atoms with Crippen molar-refractivity contribution in [2.75, 3.05) is 0 Å². The molecule has 5 heteroatoms. The number of nitriles is 1. The molecule has 2 heterocycles. The third-order valence-corrected chi connectivity index (χ3v) is 3.48. The third kappa shape index (κ3) is 1.91. The summed E-state index contributed by atoms with van der Waals surface area (Å²) in [5.41, 5.74) is 3.49. The van der Waals surface area contributed by atoms with Crippen molar-refractivity contribution in [2.24, 2.45) is 7.05 Å². The Kier molecular flexibility index (Phi) is 2.92. The van der Waals surface area contributed by atoms with Crippen LogP contribution in [0.3, 0.4) is 0 Å². The van der Waals surface area contributed by atoms with Crippen LogP contribution in [0.15, 0.2) is 36.5 Å². The topological polar surface area (TPSA) is 67.4 Å². The van der Waals surface area contributed by atoms with Gasteiger partial charge in [-0.25, -0.2) is 4.98 Å². The van der Waals surface area contributed by atoms with Gasteiger partial charge in [-0.1, -0.05) is 6.07 Å². The van der Waals surface area contributed by atoms with E-state index in [9.17, 15) is 5.26 Å². The smallest absolute Gasteiger partial charge is 0.115 e. The van der Waals surface area contributed by atoms with Gasteiger partial charge in [-0.3, -0.25) is 0 Å². The third-order valence-electron chi connectivity index (χ3n) is 3.48. The molecule has 0 bridgehead atoms. The van der Waals surface area contributed by atoms with Gasteiger partial charge in [-0.2, -0.15) is 15.5 Å². The molecule has 0 radical (unpaired) electrons. The fourth-order valence-electron chi connectivity index (χ4n) is 2.30. The van der Waals surface area contributed by atoms with Crippen molar-refractivity contribution < 1.29 is 0 Å². The van der Waals surface area contributed by atoms with E-state index < -0.39 is 5.92 Å². The van der Waals surface area contributed by atoms with Crippen LogP contribution in [-0.4, -0.2) is 19.7 Å². The zero-order valence-corrected chi connectivity index (χ0v) is 11.3. The molecule has 0 amide bonds. The van der Waals surface area contributed by atoms with Crippen LogP contribution < -0.4 is 0 Å². The molecule has 0 N–H and O–H groups in total. The molecular weight excluding hydrogens is 250 g/mol. The Balaban J connectivity index is 2.12. The van der Waals surface area contributed by atoms with E-state index in [4.69, 9.17) is 0 Å². The van der Waals surface area contributed by atoms with Crippen molar-refractivity contribution in [3.63, 3.8) is 0 Å². The molecule has 3 rings (SSSR count). The van der Waals surface area contributed by atoms with Crippen molar-refractivity contribution in [3.8, 4) is 6.07 Å². The minimum atomic E-state index is -0.421. The summed E-state index contributed by atoms with van der Waals surface area (Å²) in [5, 5.41) is 17.3. The predicted octanol–water partition coefficient (Wildman–Crippen LogP) is 2.33. The lowest BCUT2D eigenvalue weighted by molar-refractivity contribution is 0.883. The first-order chi connectivity index (χ1) is 9.70. The van der Waals surface area contributed by atoms with E-state index in [0.717, 1.165) is 22.4 Å². The molecule has 1 unspecified atom stereocenters. The molecule has 0 spiro atoms. The summed E-state index contributed by atoms with van der Waals surface area (Å²) < 4.78 is 2.03. The molecule has 0 aliphatic carbocycles. The summed E-state index contributed by atoms with van der Waals surface area (Å²) in [6, 6.07) is 11.8. The van der Waals surface area contributed by atoms with Gasteiger partial charge in [0.05, 0.1) is 22.8 Å². The number of nitrogens with zero attached hydrogens (tertiary/aromatic N) is 5. The van der Waals surface area contributed by atoms with E-state index in [1.807, 2.05) is 42.8 Å². The Bertz CT molecular complexity index is 798. The highest BCUT2D eigenvalue weighted by Gasteiger charge is 2.16. The van der Waals surface area contributed by atoms with Gasteiger partial charge in [-0.15, -0.1) is 0 Å². The van der Waals surface area contributed by atoms with Gasteiger partial charge < -0.3 is 4.57 Å². The first-order valence-corrected chi connectivity index (χ1v) is 6.31. The quantitative estimate of drug-likeness (QED) is 0.711.